The molecular formula is C25H25FN4O2. The largest absolute Gasteiger partial charge is 0.337 e. The van der Waals surface area contributed by atoms with Crippen LogP contribution in [0.2, 0.25) is 0 Å². The number of hydrogen-bond acceptors (Lipinski definition) is 3. The first-order valence-electron chi connectivity index (χ1n) is 11.0. The number of para-hydroxylation sites is 1. The van der Waals surface area contributed by atoms with Gasteiger partial charge in [0.1, 0.15) is 11.5 Å². The number of carbonyl (C=O) groups excluding carboxylic acids is 2. The van der Waals surface area contributed by atoms with Crippen LogP contribution >= 0.6 is 0 Å². The molecule has 6 nitrogen and oxygen atoms in total. The Kier molecular flexibility index (Phi) is 5.04. The predicted molar refractivity (Wildman–Crippen MR) is 118 cm³/mol. The number of carbonyl (C=O) groups is 2. The molecule has 0 spiro atoms. The second-order valence-corrected chi connectivity index (χ2v) is 8.54. The molecule has 7 heteroatoms. The first-order valence-corrected chi connectivity index (χ1v) is 11.0. The van der Waals surface area contributed by atoms with Gasteiger partial charge in [0.15, 0.2) is 0 Å². The fraction of sp³-hybridized carbons (Fsp3) is 0.320. The number of nitrogens with zero attached hydrogens (tertiary/aromatic N) is 4. The zero-order valence-corrected chi connectivity index (χ0v) is 18.2. The summed E-state index contributed by atoms with van der Waals surface area (Å²) < 4.78 is 15.0. The van der Waals surface area contributed by atoms with E-state index in [0.29, 0.717) is 24.3 Å². The summed E-state index contributed by atoms with van der Waals surface area (Å²) >= 11 is 0. The second kappa shape index (κ2) is 7.89. The molecule has 0 saturated carbocycles. The summed E-state index contributed by atoms with van der Waals surface area (Å²) in [5.74, 6) is -0.536. The summed E-state index contributed by atoms with van der Waals surface area (Å²) in [4.78, 5) is 30.3. The van der Waals surface area contributed by atoms with Gasteiger partial charge in [0.25, 0.3) is 11.8 Å². The van der Waals surface area contributed by atoms with Gasteiger partial charge in [-0.2, -0.15) is 5.10 Å². The Labute approximate surface area is 186 Å². The van der Waals surface area contributed by atoms with Crippen LogP contribution in [0.1, 0.15) is 57.9 Å². The standard InChI is InChI=1S/C25H25FN4O2/c1-16-22-17(2)29(25(32)23(22)30(27-16)20-7-4-3-5-8-20)21-9-6-14-28(15-21)24(31)18-10-12-19(26)13-11-18/h3-5,7-8,10-13,17,21H,6,9,14-15H2,1-2H3. The van der Waals surface area contributed by atoms with Crippen LogP contribution in [0.25, 0.3) is 5.69 Å². The van der Waals surface area contributed by atoms with Crippen LogP contribution in [0.15, 0.2) is 54.6 Å². The maximum Gasteiger partial charge on any atom is 0.273 e. The summed E-state index contributed by atoms with van der Waals surface area (Å²) in [6.07, 6.45) is 1.65. The molecule has 2 aromatic carbocycles. The molecule has 1 fully saturated rings. The fourth-order valence-corrected chi connectivity index (χ4v) is 5.06. The van der Waals surface area contributed by atoms with Gasteiger partial charge in [-0.15, -0.1) is 0 Å². The third-order valence-electron chi connectivity index (χ3n) is 6.55. The number of amides is 2. The van der Waals surface area contributed by atoms with Gasteiger partial charge >= 0.3 is 0 Å². The zero-order chi connectivity index (χ0) is 22.4. The topological polar surface area (TPSA) is 58.4 Å². The lowest BCUT2D eigenvalue weighted by Crippen LogP contribution is -2.50. The number of benzene rings is 2. The van der Waals surface area contributed by atoms with E-state index in [1.54, 1.807) is 9.58 Å². The average Bonchev–Trinajstić information content (AvgIpc) is 3.29. The lowest BCUT2D eigenvalue weighted by molar-refractivity contribution is 0.0418. The molecule has 3 aromatic rings. The first-order chi connectivity index (χ1) is 15.5. The summed E-state index contributed by atoms with van der Waals surface area (Å²) in [7, 11) is 0. The minimum atomic E-state index is -0.366. The van der Waals surface area contributed by atoms with Crippen LogP contribution in [-0.2, 0) is 0 Å². The van der Waals surface area contributed by atoms with E-state index in [2.05, 4.69) is 5.10 Å². The third kappa shape index (κ3) is 3.28. The van der Waals surface area contributed by atoms with Gasteiger partial charge in [0.2, 0.25) is 0 Å². The number of aromatic nitrogens is 2. The smallest absolute Gasteiger partial charge is 0.273 e. The van der Waals surface area contributed by atoms with E-state index in [9.17, 15) is 14.0 Å². The Hall–Kier alpha value is -3.48. The number of rotatable bonds is 3. The zero-order valence-electron chi connectivity index (χ0n) is 18.2. The Morgan fingerprint density at radius 2 is 1.81 bits per heavy atom. The van der Waals surface area contributed by atoms with Gasteiger partial charge in [0.05, 0.1) is 23.5 Å². The van der Waals surface area contributed by atoms with Crippen molar-refractivity contribution in [3.8, 4) is 5.69 Å². The Morgan fingerprint density at radius 1 is 1.09 bits per heavy atom. The van der Waals surface area contributed by atoms with Crippen molar-refractivity contribution in [2.45, 2.75) is 38.8 Å². The quantitative estimate of drug-likeness (QED) is 0.625. The average molecular weight is 432 g/mol. The summed E-state index contributed by atoms with van der Waals surface area (Å²) in [5.41, 5.74) is 3.74. The molecule has 1 saturated heterocycles. The van der Waals surface area contributed by atoms with Gasteiger partial charge in [-0.1, -0.05) is 18.2 Å². The van der Waals surface area contributed by atoms with Gasteiger partial charge < -0.3 is 9.80 Å². The predicted octanol–water partition coefficient (Wildman–Crippen LogP) is 4.14. The first kappa shape index (κ1) is 20.4. The molecule has 32 heavy (non-hydrogen) atoms. The molecule has 0 bridgehead atoms. The van der Waals surface area contributed by atoms with Crippen LogP contribution in [-0.4, -0.2) is 50.5 Å². The Balaban J connectivity index is 1.42. The monoisotopic (exact) mass is 432 g/mol. The molecule has 0 aliphatic carbocycles. The van der Waals surface area contributed by atoms with Crippen LogP contribution in [0.4, 0.5) is 4.39 Å². The van der Waals surface area contributed by atoms with Crippen LogP contribution in [0.5, 0.6) is 0 Å². The number of hydrogen-bond donors (Lipinski definition) is 0. The summed E-state index contributed by atoms with van der Waals surface area (Å²) in [6, 6.07) is 15.1. The van der Waals surface area contributed by atoms with Gasteiger partial charge in [-0.05, 0) is 63.1 Å². The highest BCUT2D eigenvalue weighted by atomic mass is 19.1. The van der Waals surface area contributed by atoms with E-state index in [1.807, 2.05) is 49.1 Å². The van der Waals surface area contributed by atoms with E-state index in [4.69, 9.17) is 0 Å². The molecule has 2 atom stereocenters. The maximum atomic E-state index is 13.6. The van der Waals surface area contributed by atoms with Crippen molar-refractivity contribution in [2.24, 2.45) is 0 Å². The molecule has 1 aromatic heterocycles. The highest BCUT2D eigenvalue weighted by molar-refractivity contribution is 5.99. The van der Waals surface area contributed by atoms with E-state index >= 15 is 0 Å². The highest BCUT2D eigenvalue weighted by Gasteiger charge is 2.44. The minimum Gasteiger partial charge on any atom is -0.337 e. The minimum absolute atomic E-state index is 0.0435. The number of aryl methyl sites for hydroxylation is 1. The molecule has 2 unspecified atom stereocenters. The highest BCUT2D eigenvalue weighted by Crippen LogP contribution is 2.39. The van der Waals surface area contributed by atoms with Crippen molar-refractivity contribution in [1.29, 1.82) is 0 Å². The third-order valence-corrected chi connectivity index (χ3v) is 6.55. The molecule has 2 aliphatic rings. The lowest BCUT2D eigenvalue weighted by Gasteiger charge is -2.39. The summed E-state index contributed by atoms with van der Waals surface area (Å²) in [6.45, 7) is 5.08. The van der Waals surface area contributed by atoms with Crippen molar-refractivity contribution in [3.05, 3.63) is 82.9 Å². The van der Waals surface area contributed by atoms with Crippen molar-refractivity contribution in [3.63, 3.8) is 0 Å². The van der Waals surface area contributed by atoms with Crippen LogP contribution in [0, 0.1) is 12.7 Å². The van der Waals surface area contributed by atoms with Crippen molar-refractivity contribution in [1.82, 2.24) is 19.6 Å². The maximum absolute atomic E-state index is 13.6. The number of piperidine rings is 1. The van der Waals surface area contributed by atoms with Crippen LogP contribution in [0.3, 0.4) is 0 Å². The van der Waals surface area contributed by atoms with Gasteiger partial charge in [-0.3, -0.25) is 9.59 Å². The fourth-order valence-electron chi connectivity index (χ4n) is 5.06. The van der Waals surface area contributed by atoms with Crippen molar-refractivity contribution in [2.75, 3.05) is 13.1 Å². The number of halogens is 1. The molecular weight excluding hydrogens is 407 g/mol. The molecule has 164 valence electrons. The van der Waals surface area contributed by atoms with Gasteiger partial charge in [-0.25, -0.2) is 9.07 Å². The Bertz CT molecular complexity index is 1170. The Morgan fingerprint density at radius 3 is 2.53 bits per heavy atom. The molecule has 0 radical (unpaired) electrons. The molecule has 5 rings (SSSR count). The van der Waals surface area contributed by atoms with Gasteiger partial charge in [0, 0.05) is 24.2 Å². The van der Waals surface area contributed by atoms with E-state index in [0.717, 1.165) is 29.8 Å². The number of fused-ring (bicyclic) bond motifs is 1. The second-order valence-electron chi connectivity index (χ2n) is 8.54. The van der Waals surface area contributed by atoms with E-state index in [1.165, 1.54) is 24.3 Å². The molecule has 2 aliphatic heterocycles. The molecule has 3 heterocycles. The lowest BCUT2D eigenvalue weighted by atomic mass is 10.0. The van der Waals surface area contributed by atoms with E-state index in [-0.39, 0.29) is 29.7 Å². The summed E-state index contributed by atoms with van der Waals surface area (Å²) in [5, 5.41) is 4.65. The molecule has 0 N–H and O–H groups in total. The van der Waals surface area contributed by atoms with Crippen molar-refractivity contribution < 1.29 is 14.0 Å². The van der Waals surface area contributed by atoms with Crippen molar-refractivity contribution >= 4 is 11.8 Å². The number of likely N-dealkylation sites (tertiary alicyclic amines) is 1. The van der Waals surface area contributed by atoms with Crippen LogP contribution < -0.4 is 0 Å². The normalized spacial score (nSPS) is 20.5. The molecule has 2 amide bonds. The van der Waals surface area contributed by atoms with E-state index < -0.39 is 0 Å². The SMILES string of the molecule is Cc1nn(-c2ccccc2)c2c1C(C)N(C1CCCN(C(=O)c3ccc(F)cc3)C1)C2=O.